The van der Waals surface area contributed by atoms with E-state index in [9.17, 15) is 23.7 Å². The third kappa shape index (κ3) is 3.11. The van der Waals surface area contributed by atoms with Crippen LogP contribution in [-0.2, 0) is 0 Å². The molecule has 1 aromatic heterocycles. The van der Waals surface area contributed by atoms with Gasteiger partial charge < -0.3 is 5.32 Å². The lowest BCUT2D eigenvalue weighted by Crippen LogP contribution is -2.15. The maximum absolute atomic E-state index is 13.2. The summed E-state index contributed by atoms with van der Waals surface area (Å²) in [7, 11) is 0. The van der Waals surface area contributed by atoms with Crippen molar-refractivity contribution in [2.24, 2.45) is 0 Å². The summed E-state index contributed by atoms with van der Waals surface area (Å²) in [5.41, 5.74) is -1.39. The lowest BCUT2D eigenvalue weighted by atomic mass is 10.1. The topological polar surface area (TPSA) is 85.1 Å². The molecule has 2 rings (SSSR count). The highest BCUT2D eigenvalue weighted by atomic mass is 35.5. The first-order valence-corrected chi connectivity index (χ1v) is 5.82. The fraction of sp³-hybridized carbons (Fsp3) is 0. The average molecular weight is 314 g/mol. The van der Waals surface area contributed by atoms with Crippen molar-refractivity contribution >= 4 is 28.9 Å². The molecule has 108 valence electrons. The summed E-state index contributed by atoms with van der Waals surface area (Å²) in [6, 6.07) is 2.18. The van der Waals surface area contributed by atoms with Gasteiger partial charge in [-0.25, -0.2) is 8.78 Å². The lowest BCUT2D eigenvalue weighted by Gasteiger charge is -2.07. The van der Waals surface area contributed by atoms with E-state index in [2.05, 4.69) is 10.3 Å². The highest BCUT2D eigenvalue weighted by Gasteiger charge is 2.24. The molecule has 0 saturated carbocycles. The number of aromatic nitrogens is 1. The minimum Gasteiger partial charge on any atom is -0.319 e. The Morgan fingerprint density at radius 2 is 2.00 bits per heavy atom. The van der Waals surface area contributed by atoms with Gasteiger partial charge in [-0.05, 0) is 12.1 Å². The first-order chi connectivity index (χ1) is 9.90. The number of benzene rings is 1. The van der Waals surface area contributed by atoms with Gasteiger partial charge in [-0.1, -0.05) is 11.6 Å². The molecule has 1 heterocycles. The second kappa shape index (κ2) is 5.80. The molecule has 1 amide bonds. The van der Waals surface area contributed by atoms with Crippen molar-refractivity contribution in [1.82, 2.24) is 4.98 Å². The van der Waals surface area contributed by atoms with E-state index in [-0.39, 0.29) is 10.7 Å². The van der Waals surface area contributed by atoms with Crippen molar-refractivity contribution in [3.05, 3.63) is 62.9 Å². The van der Waals surface area contributed by atoms with Crippen LogP contribution in [0.15, 0.2) is 30.6 Å². The molecule has 0 aliphatic carbocycles. The summed E-state index contributed by atoms with van der Waals surface area (Å²) in [5, 5.41) is 13.2. The standard InChI is InChI=1S/C12H6ClF2N3O3/c13-7-1-2-16-5-10(7)17-12(19)6-3-8(14)9(15)4-11(6)18(20)21/h1-5H,(H,17,19). The maximum atomic E-state index is 13.2. The Bertz CT molecular complexity index is 740. The molecular weight excluding hydrogens is 308 g/mol. The Balaban J connectivity index is 2.42. The zero-order chi connectivity index (χ0) is 15.6. The molecule has 0 unspecified atom stereocenters. The predicted octanol–water partition coefficient (Wildman–Crippen LogP) is 3.17. The van der Waals surface area contributed by atoms with Crippen LogP contribution in [0.1, 0.15) is 10.4 Å². The maximum Gasteiger partial charge on any atom is 0.285 e. The van der Waals surface area contributed by atoms with E-state index in [1.165, 1.54) is 18.5 Å². The number of amides is 1. The van der Waals surface area contributed by atoms with Crippen LogP contribution < -0.4 is 5.32 Å². The van der Waals surface area contributed by atoms with Crippen LogP contribution in [0.3, 0.4) is 0 Å². The second-order valence-corrected chi connectivity index (χ2v) is 4.26. The second-order valence-electron chi connectivity index (χ2n) is 3.85. The van der Waals surface area contributed by atoms with Crippen molar-refractivity contribution in [2.75, 3.05) is 5.32 Å². The molecule has 0 bridgehead atoms. The van der Waals surface area contributed by atoms with Crippen LogP contribution in [0.2, 0.25) is 5.02 Å². The van der Waals surface area contributed by atoms with Crippen molar-refractivity contribution in [1.29, 1.82) is 0 Å². The van der Waals surface area contributed by atoms with E-state index >= 15 is 0 Å². The van der Waals surface area contributed by atoms with E-state index in [1.807, 2.05) is 0 Å². The number of nitro benzene ring substituents is 1. The molecule has 0 fully saturated rings. The molecule has 0 aliphatic heterocycles. The van der Waals surface area contributed by atoms with Gasteiger partial charge in [-0.3, -0.25) is 19.9 Å². The molecule has 9 heteroatoms. The van der Waals surface area contributed by atoms with Crippen LogP contribution >= 0.6 is 11.6 Å². The summed E-state index contributed by atoms with van der Waals surface area (Å²) < 4.78 is 26.2. The molecule has 1 N–H and O–H groups in total. The molecule has 6 nitrogen and oxygen atoms in total. The Hall–Kier alpha value is -2.61. The highest BCUT2D eigenvalue weighted by Crippen LogP contribution is 2.25. The number of anilines is 1. The number of rotatable bonds is 3. The molecule has 0 atom stereocenters. The normalized spacial score (nSPS) is 10.2. The largest absolute Gasteiger partial charge is 0.319 e. The van der Waals surface area contributed by atoms with E-state index < -0.39 is 33.7 Å². The fourth-order valence-electron chi connectivity index (χ4n) is 1.53. The van der Waals surface area contributed by atoms with Gasteiger partial charge in [0.1, 0.15) is 5.56 Å². The number of nitrogens with one attached hydrogen (secondary N) is 1. The highest BCUT2D eigenvalue weighted by molar-refractivity contribution is 6.33. The van der Waals surface area contributed by atoms with Gasteiger partial charge in [-0.15, -0.1) is 0 Å². The van der Waals surface area contributed by atoms with Crippen molar-refractivity contribution < 1.29 is 18.5 Å². The predicted molar refractivity (Wildman–Crippen MR) is 70.2 cm³/mol. The Morgan fingerprint density at radius 1 is 1.33 bits per heavy atom. The van der Waals surface area contributed by atoms with E-state index in [0.717, 1.165) is 0 Å². The molecular formula is C12H6ClF2N3O3. The van der Waals surface area contributed by atoms with Gasteiger partial charge in [0.15, 0.2) is 11.6 Å². The number of hydrogen-bond donors (Lipinski definition) is 1. The first kappa shape index (κ1) is 14.8. The van der Waals surface area contributed by atoms with Gasteiger partial charge in [0.2, 0.25) is 0 Å². The van der Waals surface area contributed by atoms with Gasteiger partial charge in [0.25, 0.3) is 11.6 Å². The summed E-state index contributed by atoms with van der Waals surface area (Å²) >= 11 is 5.79. The number of halogens is 3. The lowest BCUT2D eigenvalue weighted by molar-refractivity contribution is -0.385. The third-order valence-electron chi connectivity index (χ3n) is 2.50. The van der Waals surface area contributed by atoms with Gasteiger partial charge in [0, 0.05) is 6.20 Å². The number of nitrogens with zero attached hydrogens (tertiary/aromatic N) is 2. The SMILES string of the molecule is O=C(Nc1cnccc1Cl)c1cc(F)c(F)cc1[N+](=O)[O-]. The van der Waals surface area contributed by atoms with Gasteiger partial charge in [0.05, 0.1) is 27.9 Å². The zero-order valence-electron chi connectivity index (χ0n) is 10.1. The van der Waals surface area contributed by atoms with Crippen molar-refractivity contribution in [2.45, 2.75) is 0 Å². The summed E-state index contributed by atoms with van der Waals surface area (Å²) in [6.45, 7) is 0. The zero-order valence-corrected chi connectivity index (χ0v) is 10.9. The molecule has 0 aliphatic rings. The van der Waals surface area contributed by atoms with Gasteiger partial charge >= 0.3 is 0 Å². The van der Waals surface area contributed by atoms with Crippen LogP contribution in [0, 0.1) is 21.7 Å². The van der Waals surface area contributed by atoms with Crippen molar-refractivity contribution in [3.8, 4) is 0 Å². The number of pyridine rings is 1. The van der Waals surface area contributed by atoms with E-state index in [0.29, 0.717) is 12.1 Å². The monoisotopic (exact) mass is 313 g/mol. The minimum atomic E-state index is -1.42. The first-order valence-electron chi connectivity index (χ1n) is 5.44. The van der Waals surface area contributed by atoms with Crippen LogP contribution in [-0.4, -0.2) is 15.8 Å². The molecule has 21 heavy (non-hydrogen) atoms. The number of carbonyl (C=O) groups excluding carboxylic acids is 1. The Labute approximate surface area is 121 Å². The fourth-order valence-corrected chi connectivity index (χ4v) is 1.68. The Kier molecular flexibility index (Phi) is 4.08. The van der Waals surface area contributed by atoms with Crippen molar-refractivity contribution in [3.63, 3.8) is 0 Å². The molecule has 0 spiro atoms. The quantitative estimate of drug-likeness (QED) is 0.696. The molecule has 0 radical (unpaired) electrons. The van der Waals surface area contributed by atoms with Gasteiger partial charge in [-0.2, -0.15) is 0 Å². The smallest absolute Gasteiger partial charge is 0.285 e. The minimum absolute atomic E-state index is 0.0863. The molecule has 0 saturated heterocycles. The number of nitro groups is 1. The van der Waals surface area contributed by atoms with E-state index in [4.69, 9.17) is 11.6 Å². The summed E-state index contributed by atoms with van der Waals surface area (Å²) in [6.07, 6.45) is 2.59. The summed E-state index contributed by atoms with van der Waals surface area (Å²) in [5.74, 6) is -3.80. The Morgan fingerprint density at radius 3 is 2.62 bits per heavy atom. The number of hydrogen-bond acceptors (Lipinski definition) is 4. The third-order valence-corrected chi connectivity index (χ3v) is 2.83. The average Bonchev–Trinajstić information content (AvgIpc) is 2.43. The number of carbonyl (C=O) groups is 1. The summed E-state index contributed by atoms with van der Waals surface area (Å²) in [4.78, 5) is 25.5. The van der Waals surface area contributed by atoms with Crippen LogP contribution in [0.4, 0.5) is 20.2 Å². The van der Waals surface area contributed by atoms with Crippen LogP contribution in [0.25, 0.3) is 0 Å². The molecule has 2 aromatic rings. The van der Waals surface area contributed by atoms with Crippen LogP contribution in [0.5, 0.6) is 0 Å². The van der Waals surface area contributed by atoms with E-state index in [1.54, 1.807) is 0 Å². The molecule has 1 aromatic carbocycles.